The topological polar surface area (TPSA) is 15.3 Å². The van der Waals surface area contributed by atoms with Gasteiger partial charge in [0.1, 0.15) is 0 Å². The summed E-state index contributed by atoms with van der Waals surface area (Å²) in [5.41, 5.74) is 0. The molecule has 2 fully saturated rings. The molecule has 0 bridgehead atoms. The van der Waals surface area contributed by atoms with Gasteiger partial charge in [-0.2, -0.15) is 0 Å². The smallest absolute Gasteiger partial charge is 0.0195 e. The van der Waals surface area contributed by atoms with Gasteiger partial charge in [0, 0.05) is 12.6 Å². The Balaban J connectivity index is 0.000000720. The molecule has 0 amide bonds. The summed E-state index contributed by atoms with van der Waals surface area (Å²) in [6.45, 7) is 5.24. The predicted octanol–water partition coefficient (Wildman–Crippen LogP) is 1.68. The van der Waals surface area contributed by atoms with Crippen molar-refractivity contribution in [1.82, 2.24) is 10.2 Å². The van der Waals surface area contributed by atoms with Crippen LogP contribution in [0.1, 0.15) is 25.7 Å². The highest BCUT2D eigenvalue weighted by Gasteiger charge is 2.19. The van der Waals surface area contributed by atoms with Gasteiger partial charge in [-0.3, -0.25) is 0 Å². The van der Waals surface area contributed by atoms with Crippen LogP contribution in [-0.4, -0.2) is 37.1 Å². The summed E-state index contributed by atoms with van der Waals surface area (Å²) in [4.78, 5) is 2.60. The van der Waals surface area contributed by atoms with Crippen molar-refractivity contribution < 1.29 is 0 Å². The molecule has 0 radical (unpaired) electrons. The Labute approximate surface area is 93.3 Å². The lowest BCUT2D eigenvalue weighted by Gasteiger charge is -2.19. The number of hydrogen-bond donors (Lipinski definition) is 1. The SMILES string of the molecule is C1CNC(CN2CCCC2)C1.Cl.Cl. The third kappa shape index (κ3) is 4.03. The van der Waals surface area contributed by atoms with E-state index in [1.807, 2.05) is 0 Å². The molecular formula is C9H20Cl2N2. The molecule has 1 unspecified atom stereocenters. The monoisotopic (exact) mass is 226 g/mol. The van der Waals surface area contributed by atoms with Gasteiger partial charge in [-0.15, -0.1) is 24.8 Å². The Morgan fingerprint density at radius 1 is 1.08 bits per heavy atom. The fraction of sp³-hybridized carbons (Fsp3) is 1.00. The van der Waals surface area contributed by atoms with Gasteiger partial charge >= 0.3 is 0 Å². The Hall–Kier alpha value is 0.500. The second-order valence-electron chi connectivity index (χ2n) is 3.80. The summed E-state index contributed by atoms with van der Waals surface area (Å²) in [7, 11) is 0. The highest BCUT2D eigenvalue weighted by molar-refractivity contribution is 5.85. The first-order valence-electron chi connectivity index (χ1n) is 4.91. The molecular weight excluding hydrogens is 207 g/mol. The fourth-order valence-corrected chi connectivity index (χ4v) is 2.19. The molecule has 0 aromatic rings. The maximum atomic E-state index is 3.54. The second kappa shape index (κ2) is 6.88. The van der Waals surface area contributed by atoms with E-state index >= 15 is 0 Å². The highest BCUT2D eigenvalue weighted by atomic mass is 35.5. The third-order valence-electron chi connectivity index (χ3n) is 2.84. The molecule has 1 N–H and O–H groups in total. The first kappa shape index (κ1) is 13.5. The van der Waals surface area contributed by atoms with E-state index in [9.17, 15) is 0 Å². The van der Waals surface area contributed by atoms with Gasteiger partial charge < -0.3 is 10.2 Å². The minimum absolute atomic E-state index is 0. The lowest BCUT2D eigenvalue weighted by atomic mass is 10.2. The Bertz CT molecular complexity index is 107. The van der Waals surface area contributed by atoms with E-state index in [0.717, 1.165) is 6.04 Å². The van der Waals surface area contributed by atoms with Crippen molar-refractivity contribution in [3.63, 3.8) is 0 Å². The molecule has 0 spiro atoms. The van der Waals surface area contributed by atoms with Crippen LogP contribution in [0.3, 0.4) is 0 Å². The van der Waals surface area contributed by atoms with Crippen LogP contribution in [-0.2, 0) is 0 Å². The Morgan fingerprint density at radius 2 is 1.77 bits per heavy atom. The zero-order valence-electron chi connectivity index (χ0n) is 8.00. The highest BCUT2D eigenvalue weighted by Crippen LogP contribution is 2.11. The van der Waals surface area contributed by atoms with Crippen molar-refractivity contribution in [2.45, 2.75) is 31.7 Å². The number of halogens is 2. The number of nitrogens with zero attached hydrogens (tertiary/aromatic N) is 1. The van der Waals surface area contributed by atoms with Crippen molar-refractivity contribution >= 4 is 24.8 Å². The van der Waals surface area contributed by atoms with Crippen LogP contribution in [0.5, 0.6) is 0 Å². The molecule has 0 aliphatic carbocycles. The van der Waals surface area contributed by atoms with Crippen molar-refractivity contribution in [2.24, 2.45) is 0 Å². The van der Waals surface area contributed by atoms with Crippen molar-refractivity contribution in [2.75, 3.05) is 26.2 Å². The van der Waals surface area contributed by atoms with Crippen molar-refractivity contribution in [3.8, 4) is 0 Å². The molecule has 0 aromatic carbocycles. The summed E-state index contributed by atoms with van der Waals surface area (Å²) < 4.78 is 0. The zero-order valence-corrected chi connectivity index (χ0v) is 9.63. The summed E-state index contributed by atoms with van der Waals surface area (Å²) >= 11 is 0. The summed E-state index contributed by atoms with van der Waals surface area (Å²) in [6.07, 6.45) is 5.63. The molecule has 2 saturated heterocycles. The molecule has 1 atom stereocenters. The number of rotatable bonds is 2. The molecule has 2 rings (SSSR count). The molecule has 2 nitrogen and oxygen atoms in total. The van der Waals surface area contributed by atoms with E-state index in [1.165, 1.54) is 51.9 Å². The number of hydrogen-bond acceptors (Lipinski definition) is 2. The lowest BCUT2D eigenvalue weighted by Crippen LogP contribution is -2.35. The average Bonchev–Trinajstić information content (AvgIpc) is 2.60. The van der Waals surface area contributed by atoms with Gasteiger partial charge in [0.25, 0.3) is 0 Å². The van der Waals surface area contributed by atoms with Crippen LogP contribution < -0.4 is 5.32 Å². The summed E-state index contributed by atoms with van der Waals surface area (Å²) in [6, 6.07) is 0.813. The fourth-order valence-electron chi connectivity index (χ4n) is 2.19. The van der Waals surface area contributed by atoms with Crippen molar-refractivity contribution in [3.05, 3.63) is 0 Å². The molecule has 2 aliphatic rings. The normalized spacial score (nSPS) is 28.2. The van der Waals surface area contributed by atoms with Gasteiger partial charge in [-0.25, -0.2) is 0 Å². The molecule has 2 heterocycles. The van der Waals surface area contributed by atoms with Crippen LogP contribution in [0.4, 0.5) is 0 Å². The lowest BCUT2D eigenvalue weighted by molar-refractivity contribution is 0.303. The molecule has 4 heteroatoms. The number of nitrogens with one attached hydrogen (secondary N) is 1. The maximum Gasteiger partial charge on any atom is 0.0195 e. The molecule has 0 aromatic heterocycles. The van der Waals surface area contributed by atoms with E-state index in [1.54, 1.807) is 0 Å². The number of likely N-dealkylation sites (tertiary alicyclic amines) is 1. The van der Waals surface area contributed by atoms with Crippen LogP contribution >= 0.6 is 24.8 Å². The largest absolute Gasteiger partial charge is 0.313 e. The summed E-state index contributed by atoms with van der Waals surface area (Å²) in [5.74, 6) is 0. The van der Waals surface area contributed by atoms with Crippen LogP contribution in [0.2, 0.25) is 0 Å². The van der Waals surface area contributed by atoms with Crippen molar-refractivity contribution in [1.29, 1.82) is 0 Å². The Morgan fingerprint density at radius 3 is 2.31 bits per heavy atom. The molecule has 80 valence electrons. The molecule has 0 saturated carbocycles. The molecule has 2 aliphatic heterocycles. The van der Waals surface area contributed by atoms with E-state index in [4.69, 9.17) is 0 Å². The van der Waals surface area contributed by atoms with E-state index < -0.39 is 0 Å². The average molecular weight is 227 g/mol. The standard InChI is InChI=1S/C9H18N2.2ClH/c1-2-7-11(6-1)8-9-4-3-5-10-9;;/h9-10H,1-8H2;2*1H. The minimum Gasteiger partial charge on any atom is -0.313 e. The summed E-state index contributed by atoms with van der Waals surface area (Å²) in [5, 5.41) is 3.54. The van der Waals surface area contributed by atoms with Gasteiger partial charge in [-0.1, -0.05) is 0 Å². The Kier molecular flexibility index (Phi) is 7.15. The van der Waals surface area contributed by atoms with Gasteiger partial charge in [0.2, 0.25) is 0 Å². The quantitative estimate of drug-likeness (QED) is 0.772. The first-order valence-corrected chi connectivity index (χ1v) is 4.91. The third-order valence-corrected chi connectivity index (χ3v) is 2.84. The second-order valence-corrected chi connectivity index (χ2v) is 3.80. The van der Waals surface area contributed by atoms with Crippen LogP contribution in [0.25, 0.3) is 0 Å². The van der Waals surface area contributed by atoms with E-state index in [2.05, 4.69) is 10.2 Å². The van der Waals surface area contributed by atoms with E-state index in [-0.39, 0.29) is 24.8 Å². The van der Waals surface area contributed by atoms with Gasteiger partial charge in [0.15, 0.2) is 0 Å². The van der Waals surface area contributed by atoms with Crippen LogP contribution in [0.15, 0.2) is 0 Å². The molecule has 13 heavy (non-hydrogen) atoms. The minimum atomic E-state index is 0. The first-order chi connectivity index (χ1) is 5.45. The predicted molar refractivity (Wildman–Crippen MR) is 61.2 cm³/mol. The van der Waals surface area contributed by atoms with Gasteiger partial charge in [-0.05, 0) is 45.3 Å². The van der Waals surface area contributed by atoms with E-state index in [0.29, 0.717) is 0 Å². The zero-order chi connectivity index (χ0) is 7.52. The van der Waals surface area contributed by atoms with Gasteiger partial charge in [0.05, 0.1) is 0 Å². The van der Waals surface area contributed by atoms with Crippen LogP contribution in [0, 0.1) is 0 Å². The maximum absolute atomic E-state index is 3.54.